The third kappa shape index (κ3) is 6.20. The topological polar surface area (TPSA) is 61.8 Å². The lowest BCUT2D eigenvalue weighted by Crippen LogP contribution is -2.45. The van der Waals surface area contributed by atoms with E-state index < -0.39 is 5.60 Å². The van der Waals surface area contributed by atoms with Crippen molar-refractivity contribution in [1.82, 2.24) is 10.2 Å². The van der Waals surface area contributed by atoms with Gasteiger partial charge in [-0.15, -0.1) is 0 Å². The number of ether oxygens (including phenoxy) is 1. The predicted molar refractivity (Wildman–Crippen MR) is 79.6 cm³/mol. The number of carbonyl (C=O) groups is 1. The van der Waals surface area contributed by atoms with Gasteiger partial charge in [0.05, 0.1) is 18.1 Å². The Hall–Kier alpha value is -0.650. The Morgan fingerprint density at radius 1 is 1.40 bits per heavy atom. The van der Waals surface area contributed by atoms with Crippen molar-refractivity contribution in [3.63, 3.8) is 0 Å². The van der Waals surface area contributed by atoms with Crippen molar-refractivity contribution in [1.29, 1.82) is 0 Å². The van der Waals surface area contributed by atoms with Crippen LogP contribution in [0, 0.1) is 5.92 Å². The molecule has 0 radical (unpaired) electrons. The molecular weight excluding hydrogens is 256 g/mol. The molecular formula is C15H30N2O3. The first-order chi connectivity index (χ1) is 9.47. The summed E-state index contributed by atoms with van der Waals surface area (Å²) in [5, 5.41) is 13.8. The molecule has 118 valence electrons. The minimum absolute atomic E-state index is 0.0241. The molecule has 0 unspecified atom stereocenters. The molecule has 1 rings (SSSR count). The van der Waals surface area contributed by atoms with E-state index in [0.29, 0.717) is 26.0 Å². The molecule has 0 amide bonds. The van der Waals surface area contributed by atoms with Crippen LogP contribution >= 0.6 is 0 Å². The van der Waals surface area contributed by atoms with Crippen LogP contribution < -0.4 is 5.32 Å². The lowest BCUT2D eigenvalue weighted by atomic mass is 9.79. The quantitative estimate of drug-likeness (QED) is 0.515. The zero-order valence-electron chi connectivity index (χ0n) is 13.2. The zero-order chi connectivity index (χ0) is 15.0. The van der Waals surface area contributed by atoms with Crippen LogP contribution in [0.25, 0.3) is 0 Å². The highest BCUT2D eigenvalue weighted by Crippen LogP contribution is 2.32. The van der Waals surface area contributed by atoms with Gasteiger partial charge in [0, 0.05) is 6.54 Å². The number of esters is 1. The van der Waals surface area contributed by atoms with Gasteiger partial charge in [-0.1, -0.05) is 0 Å². The molecule has 0 aromatic carbocycles. The molecule has 0 atom stereocenters. The van der Waals surface area contributed by atoms with Crippen molar-refractivity contribution < 1.29 is 14.6 Å². The third-order valence-electron chi connectivity index (χ3n) is 3.95. The Balaban J connectivity index is 2.19. The summed E-state index contributed by atoms with van der Waals surface area (Å²) in [6.45, 7) is 4.86. The summed E-state index contributed by atoms with van der Waals surface area (Å²) >= 11 is 0. The maximum atomic E-state index is 11.6. The van der Waals surface area contributed by atoms with E-state index in [1.807, 2.05) is 6.92 Å². The standard InChI is InChI=1S/C15H30N2O3/c1-4-20-14(18)13-6-8-15(19,9-7-13)12-16-10-5-11-17(2)3/h13,16,19H,4-12H2,1-3H3. The molecule has 0 aromatic rings. The van der Waals surface area contributed by atoms with Crippen LogP contribution in [0.2, 0.25) is 0 Å². The summed E-state index contributed by atoms with van der Waals surface area (Å²) in [7, 11) is 4.12. The fourth-order valence-corrected chi connectivity index (χ4v) is 2.67. The van der Waals surface area contributed by atoms with E-state index in [0.717, 1.165) is 32.4 Å². The van der Waals surface area contributed by atoms with Crippen LogP contribution in [0.5, 0.6) is 0 Å². The maximum absolute atomic E-state index is 11.6. The maximum Gasteiger partial charge on any atom is 0.308 e. The first kappa shape index (κ1) is 17.4. The van der Waals surface area contributed by atoms with Crippen molar-refractivity contribution in [2.24, 2.45) is 5.92 Å². The number of carbonyl (C=O) groups excluding carboxylic acids is 1. The molecule has 1 aliphatic rings. The largest absolute Gasteiger partial charge is 0.466 e. The van der Waals surface area contributed by atoms with E-state index in [-0.39, 0.29) is 11.9 Å². The Morgan fingerprint density at radius 3 is 2.60 bits per heavy atom. The Morgan fingerprint density at radius 2 is 2.05 bits per heavy atom. The lowest BCUT2D eigenvalue weighted by Gasteiger charge is -2.35. The molecule has 0 heterocycles. The summed E-state index contributed by atoms with van der Waals surface area (Å²) in [4.78, 5) is 13.8. The second-order valence-electron chi connectivity index (χ2n) is 6.08. The first-order valence-corrected chi connectivity index (χ1v) is 7.71. The minimum atomic E-state index is -0.652. The van der Waals surface area contributed by atoms with Gasteiger partial charge in [0.15, 0.2) is 0 Å². The normalized spacial score (nSPS) is 26.8. The highest BCUT2D eigenvalue weighted by molar-refractivity contribution is 5.72. The molecule has 5 heteroatoms. The number of aliphatic hydroxyl groups is 1. The first-order valence-electron chi connectivity index (χ1n) is 7.71. The highest BCUT2D eigenvalue weighted by atomic mass is 16.5. The van der Waals surface area contributed by atoms with Crippen LogP contribution in [0.4, 0.5) is 0 Å². The van der Waals surface area contributed by atoms with Crippen molar-refractivity contribution in [3.8, 4) is 0 Å². The van der Waals surface area contributed by atoms with E-state index >= 15 is 0 Å². The predicted octanol–water partition coefficient (Wildman–Crippen LogP) is 1.01. The fraction of sp³-hybridized carbons (Fsp3) is 0.933. The summed E-state index contributed by atoms with van der Waals surface area (Å²) < 4.78 is 5.04. The van der Waals surface area contributed by atoms with Gasteiger partial charge in [-0.05, 0) is 66.2 Å². The van der Waals surface area contributed by atoms with Gasteiger partial charge < -0.3 is 20.1 Å². The summed E-state index contributed by atoms with van der Waals surface area (Å²) in [6.07, 6.45) is 3.90. The van der Waals surface area contributed by atoms with Crippen LogP contribution in [0.15, 0.2) is 0 Å². The molecule has 1 saturated carbocycles. The molecule has 5 nitrogen and oxygen atoms in total. The van der Waals surface area contributed by atoms with Crippen molar-refractivity contribution in [2.75, 3.05) is 40.3 Å². The van der Waals surface area contributed by atoms with Crippen molar-refractivity contribution in [3.05, 3.63) is 0 Å². The van der Waals surface area contributed by atoms with E-state index in [1.54, 1.807) is 0 Å². The average molecular weight is 286 g/mol. The van der Waals surface area contributed by atoms with E-state index in [4.69, 9.17) is 4.74 Å². The van der Waals surface area contributed by atoms with Gasteiger partial charge >= 0.3 is 5.97 Å². The number of hydrogen-bond acceptors (Lipinski definition) is 5. The van der Waals surface area contributed by atoms with Gasteiger partial charge in [0.1, 0.15) is 0 Å². The summed E-state index contributed by atoms with van der Waals surface area (Å²) in [5.41, 5.74) is -0.652. The van der Waals surface area contributed by atoms with Crippen LogP contribution in [-0.4, -0.2) is 61.9 Å². The molecule has 1 aliphatic carbocycles. The summed E-state index contributed by atoms with van der Waals surface area (Å²) in [6, 6.07) is 0. The SMILES string of the molecule is CCOC(=O)C1CCC(O)(CNCCCN(C)C)CC1. The second-order valence-corrected chi connectivity index (χ2v) is 6.08. The third-order valence-corrected chi connectivity index (χ3v) is 3.95. The molecule has 2 N–H and O–H groups in total. The van der Waals surface area contributed by atoms with Gasteiger partial charge in [0.2, 0.25) is 0 Å². The molecule has 0 spiro atoms. The summed E-state index contributed by atoms with van der Waals surface area (Å²) in [5.74, 6) is -0.127. The number of hydrogen-bond donors (Lipinski definition) is 2. The minimum Gasteiger partial charge on any atom is -0.466 e. The van der Waals surface area contributed by atoms with E-state index in [2.05, 4.69) is 24.3 Å². The van der Waals surface area contributed by atoms with Gasteiger partial charge in [0.25, 0.3) is 0 Å². The highest BCUT2D eigenvalue weighted by Gasteiger charge is 2.35. The lowest BCUT2D eigenvalue weighted by molar-refractivity contribution is -0.151. The molecule has 0 aromatic heterocycles. The number of nitrogens with one attached hydrogen (secondary N) is 1. The molecule has 0 aliphatic heterocycles. The van der Waals surface area contributed by atoms with E-state index in [9.17, 15) is 9.90 Å². The second kappa shape index (κ2) is 8.60. The molecule has 1 fully saturated rings. The van der Waals surface area contributed by atoms with Crippen LogP contribution in [-0.2, 0) is 9.53 Å². The Labute approximate surface area is 122 Å². The zero-order valence-corrected chi connectivity index (χ0v) is 13.2. The smallest absolute Gasteiger partial charge is 0.308 e. The van der Waals surface area contributed by atoms with Gasteiger partial charge in [-0.25, -0.2) is 0 Å². The number of nitrogens with zero attached hydrogens (tertiary/aromatic N) is 1. The average Bonchev–Trinajstić information content (AvgIpc) is 2.39. The Bertz CT molecular complexity index is 287. The van der Waals surface area contributed by atoms with Crippen LogP contribution in [0.3, 0.4) is 0 Å². The Kier molecular flexibility index (Phi) is 7.48. The van der Waals surface area contributed by atoms with Gasteiger partial charge in [-0.3, -0.25) is 4.79 Å². The number of rotatable bonds is 8. The monoisotopic (exact) mass is 286 g/mol. The molecule has 20 heavy (non-hydrogen) atoms. The van der Waals surface area contributed by atoms with Gasteiger partial charge in [-0.2, -0.15) is 0 Å². The van der Waals surface area contributed by atoms with Crippen molar-refractivity contribution >= 4 is 5.97 Å². The van der Waals surface area contributed by atoms with Crippen molar-refractivity contribution in [2.45, 2.75) is 44.6 Å². The van der Waals surface area contributed by atoms with E-state index in [1.165, 1.54) is 0 Å². The molecule has 0 saturated heterocycles. The van der Waals surface area contributed by atoms with Crippen LogP contribution in [0.1, 0.15) is 39.0 Å². The molecule has 0 bridgehead atoms. The fourth-order valence-electron chi connectivity index (χ4n) is 2.67.